The molecule has 0 aromatic heterocycles. The van der Waals surface area contributed by atoms with Gasteiger partial charge in [0.1, 0.15) is 23.7 Å². The minimum Gasteiger partial charge on any atom is -0.494 e. The van der Waals surface area contributed by atoms with Crippen molar-refractivity contribution in [1.29, 1.82) is 0 Å². The number of unbranched alkanes of at least 4 members (excludes halogenated alkanes) is 11. The first-order valence-electron chi connectivity index (χ1n) is 12.8. The number of rotatable bonds is 18. The van der Waals surface area contributed by atoms with Crippen LogP contribution in [0.3, 0.4) is 0 Å². The predicted molar refractivity (Wildman–Crippen MR) is 135 cm³/mol. The van der Waals surface area contributed by atoms with Crippen molar-refractivity contribution < 1.29 is 19.0 Å². The topological polar surface area (TPSA) is 44.8 Å². The predicted octanol–water partition coefficient (Wildman–Crippen LogP) is 8.13. The van der Waals surface area contributed by atoms with Crippen LogP contribution in [-0.4, -0.2) is 19.7 Å². The third-order valence-corrected chi connectivity index (χ3v) is 5.86. The molecule has 0 aliphatic rings. The average Bonchev–Trinajstić information content (AvgIpc) is 2.86. The summed E-state index contributed by atoms with van der Waals surface area (Å²) in [7, 11) is 1.38. The molecule has 0 saturated carbocycles. The Hall–Kier alpha value is -2.49. The Morgan fingerprint density at radius 2 is 1.33 bits per heavy atom. The van der Waals surface area contributed by atoms with Gasteiger partial charge in [-0.25, -0.2) is 4.79 Å². The Balaban J connectivity index is 1.64. The summed E-state index contributed by atoms with van der Waals surface area (Å²) >= 11 is 0. The highest BCUT2D eigenvalue weighted by molar-refractivity contribution is 5.92. The van der Waals surface area contributed by atoms with E-state index in [1.807, 2.05) is 36.4 Å². The number of hydrogen-bond acceptors (Lipinski definition) is 4. The molecule has 0 N–H and O–H groups in total. The molecule has 33 heavy (non-hydrogen) atoms. The fourth-order valence-corrected chi connectivity index (χ4v) is 3.86. The van der Waals surface area contributed by atoms with E-state index in [9.17, 15) is 4.79 Å². The van der Waals surface area contributed by atoms with Gasteiger partial charge in [-0.1, -0.05) is 108 Å². The number of benzene rings is 2. The minimum absolute atomic E-state index is 0.389. The lowest BCUT2D eigenvalue weighted by atomic mass is 10.1. The van der Waals surface area contributed by atoms with Crippen molar-refractivity contribution in [2.45, 2.75) is 90.6 Å². The molecule has 0 spiro atoms. The summed E-state index contributed by atoms with van der Waals surface area (Å²) in [5, 5.41) is 0. The molecule has 4 nitrogen and oxygen atoms in total. The summed E-state index contributed by atoms with van der Waals surface area (Å²) in [4.78, 5) is 12.2. The van der Waals surface area contributed by atoms with Gasteiger partial charge in [-0.15, -0.1) is 0 Å². The highest BCUT2D eigenvalue weighted by Gasteiger charge is 2.15. The standard InChI is InChI=1S/C29H42O4/c1-3-4-5-6-7-8-9-10-11-12-13-17-22-32-26-20-21-28(27(23-26)29(30)31-2)33-24-25-18-15-14-16-19-25/h14-16,18-21,23H,3-13,17,22,24H2,1-2H3. The first-order valence-corrected chi connectivity index (χ1v) is 12.8. The highest BCUT2D eigenvalue weighted by atomic mass is 16.5. The third-order valence-electron chi connectivity index (χ3n) is 5.86. The molecular formula is C29H42O4. The second kappa shape index (κ2) is 17.0. The molecule has 0 saturated heterocycles. The van der Waals surface area contributed by atoms with Crippen molar-refractivity contribution in [2.24, 2.45) is 0 Å². The first kappa shape index (κ1) is 26.8. The van der Waals surface area contributed by atoms with Gasteiger partial charge in [0.2, 0.25) is 0 Å². The lowest BCUT2D eigenvalue weighted by Gasteiger charge is -2.13. The van der Waals surface area contributed by atoms with Gasteiger partial charge >= 0.3 is 5.97 Å². The van der Waals surface area contributed by atoms with Gasteiger partial charge in [0.25, 0.3) is 0 Å². The molecule has 0 heterocycles. The van der Waals surface area contributed by atoms with Crippen LogP contribution >= 0.6 is 0 Å². The number of methoxy groups -OCH3 is 1. The second-order valence-electron chi connectivity index (χ2n) is 8.66. The molecule has 0 bridgehead atoms. The van der Waals surface area contributed by atoms with Crippen LogP contribution in [0.2, 0.25) is 0 Å². The monoisotopic (exact) mass is 454 g/mol. The molecular weight excluding hydrogens is 412 g/mol. The Morgan fingerprint density at radius 1 is 0.727 bits per heavy atom. The van der Waals surface area contributed by atoms with Crippen molar-refractivity contribution in [2.75, 3.05) is 13.7 Å². The molecule has 2 aromatic carbocycles. The second-order valence-corrected chi connectivity index (χ2v) is 8.66. The van der Waals surface area contributed by atoms with Gasteiger partial charge < -0.3 is 14.2 Å². The minimum atomic E-state index is -0.422. The molecule has 0 aliphatic carbocycles. The summed E-state index contributed by atoms with van der Waals surface area (Å²) < 4.78 is 16.7. The number of hydrogen-bond donors (Lipinski definition) is 0. The van der Waals surface area contributed by atoms with E-state index in [-0.39, 0.29) is 0 Å². The number of ether oxygens (including phenoxy) is 3. The van der Waals surface area contributed by atoms with Gasteiger partial charge in [0.15, 0.2) is 0 Å². The number of carbonyl (C=O) groups excluding carboxylic acids is 1. The molecule has 0 atom stereocenters. The normalized spacial score (nSPS) is 10.7. The van der Waals surface area contributed by atoms with E-state index in [0.29, 0.717) is 30.3 Å². The Bertz CT molecular complexity index is 772. The van der Waals surface area contributed by atoms with Crippen LogP contribution in [0.15, 0.2) is 48.5 Å². The Kier molecular flexibility index (Phi) is 13.8. The maximum Gasteiger partial charge on any atom is 0.341 e. The maximum absolute atomic E-state index is 12.2. The van der Waals surface area contributed by atoms with Crippen LogP contribution in [0.25, 0.3) is 0 Å². The van der Waals surface area contributed by atoms with Gasteiger partial charge in [0, 0.05) is 0 Å². The summed E-state index contributed by atoms with van der Waals surface area (Å²) in [6.45, 7) is 3.32. The van der Waals surface area contributed by atoms with Crippen molar-refractivity contribution in [3.05, 3.63) is 59.7 Å². The molecule has 0 fully saturated rings. The molecule has 4 heteroatoms. The Labute approximate surface area is 200 Å². The zero-order valence-corrected chi connectivity index (χ0v) is 20.7. The van der Waals surface area contributed by atoms with Crippen molar-refractivity contribution in [1.82, 2.24) is 0 Å². The molecule has 0 radical (unpaired) electrons. The number of carbonyl (C=O) groups is 1. The summed E-state index contributed by atoms with van der Waals surface area (Å²) in [5.41, 5.74) is 1.43. The fraction of sp³-hybridized carbons (Fsp3) is 0.552. The zero-order valence-electron chi connectivity index (χ0n) is 20.7. The van der Waals surface area contributed by atoms with E-state index in [1.54, 1.807) is 12.1 Å². The molecule has 0 amide bonds. The van der Waals surface area contributed by atoms with Crippen LogP contribution in [-0.2, 0) is 11.3 Å². The van der Waals surface area contributed by atoms with Gasteiger partial charge in [-0.3, -0.25) is 0 Å². The van der Waals surface area contributed by atoms with E-state index in [0.717, 1.165) is 12.0 Å². The van der Waals surface area contributed by atoms with E-state index >= 15 is 0 Å². The van der Waals surface area contributed by atoms with Gasteiger partial charge in [-0.05, 0) is 30.2 Å². The third kappa shape index (κ3) is 11.3. The lowest BCUT2D eigenvalue weighted by Crippen LogP contribution is -2.07. The summed E-state index contributed by atoms with van der Waals surface area (Å²) in [5.74, 6) is 0.753. The average molecular weight is 455 g/mol. The smallest absolute Gasteiger partial charge is 0.341 e. The van der Waals surface area contributed by atoms with Crippen LogP contribution in [0.5, 0.6) is 11.5 Å². The van der Waals surface area contributed by atoms with Crippen LogP contribution in [0, 0.1) is 0 Å². The van der Waals surface area contributed by atoms with Crippen LogP contribution in [0.4, 0.5) is 0 Å². The van der Waals surface area contributed by atoms with E-state index < -0.39 is 5.97 Å². The van der Waals surface area contributed by atoms with E-state index in [1.165, 1.54) is 77.7 Å². The molecule has 0 unspecified atom stereocenters. The zero-order chi connectivity index (χ0) is 23.6. The molecule has 2 rings (SSSR count). The van der Waals surface area contributed by atoms with Gasteiger partial charge in [0.05, 0.1) is 13.7 Å². The van der Waals surface area contributed by atoms with Gasteiger partial charge in [-0.2, -0.15) is 0 Å². The fourth-order valence-electron chi connectivity index (χ4n) is 3.86. The largest absolute Gasteiger partial charge is 0.494 e. The first-order chi connectivity index (χ1) is 16.2. The number of esters is 1. The SMILES string of the molecule is CCCCCCCCCCCCCCOc1ccc(OCc2ccccc2)c(C(=O)OC)c1. The van der Waals surface area contributed by atoms with E-state index in [2.05, 4.69) is 6.92 Å². The Morgan fingerprint density at radius 3 is 1.94 bits per heavy atom. The van der Waals surface area contributed by atoms with E-state index in [4.69, 9.17) is 14.2 Å². The van der Waals surface area contributed by atoms with Crippen LogP contribution in [0.1, 0.15) is 99.9 Å². The maximum atomic E-state index is 12.2. The lowest BCUT2D eigenvalue weighted by molar-refractivity contribution is 0.0595. The van der Waals surface area contributed by atoms with Crippen molar-refractivity contribution >= 4 is 5.97 Å². The molecule has 0 aliphatic heterocycles. The van der Waals surface area contributed by atoms with Crippen LogP contribution < -0.4 is 9.47 Å². The molecule has 182 valence electrons. The van der Waals surface area contributed by atoms with Crippen molar-refractivity contribution in [3.8, 4) is 11.5 Å². The summed E-state index contributed by atoms with van der Waals surface area (Å²) in [6.07, 6.45) is 15.8. The molecule has 2 aromatic rings. The van der Waals surface area contributed by atoms with Crippen molar-refractivity contribution in [3.63, 3.8) is 0 Å². The summed E-state index contributed by atoms with van der Waals surface area (Å²) in [6, 6.07) is 15.2. The quantitative estimate of drug-likeness (QED) is 0.168. The highest BCUT2D eigenvalue weighted by Crippen LogP contribution is 2.26.